The minimum atomic E-state index is 0.521. The fraction of sp³-hybridized carbons (Fsp3) is 0.800. The van der Waals surface area contributed by atoms with E-state index in [0.29, 0.717) is 5.92 Å². The predicted octanol–water partition coefficient (Wildman–Crippen LogP) is 0.670. The summed E-state index contributed by atoms with van der Waals surface area (Å²) in [6, 6.07) is 0. The van der Waals surface area contributed by atoms with Gasteiger partial charge in [-0.3, -0.25) is 0 Å². The number of nitrogens with one attached hydrogen (secondary N) is 1. The maximum Gasteiger partial charge on any atom is 0.146 e. The normalized spacial score (nSPS) is 13.0. The quantitative estimate of drug-likeness (QED) is 0.722. The average Bonchev–Trinajstić information content (AvgIpc) is 2.66. The zero-order chi connectivity index (χ0) is 11.1. The summed E-state index contributed by atoms with van der Waals surface area (Å²) in [5, 5.41) is 11.3. The topological polar surface area (TPSA) is 52.0 Å². The second-order valence-electron chi connectivity index (χ2n) is 3.72. The lowest BCUT2D eigenvalue weighted by Crippen LogP contribution is -2.24. The van der Waals surface area contributed by atoms with Crippen LogP contribution in [0, 0.1) is 5.92 Å². The van der Waals surface area contributed by atoms with Crippen LogP contribution in [0.1, 0.15) is 19.7 Å². The number of aryl methyl sites for hydroxylation is 1. The molecule has 0 aromatic carbocycles. The molecule has 0 spiro atoms. The summed E-state index contributed by atoms with van der Waals surface area (Å²) in [4.78, 5) is 0. The van der Waals surface area contributed by atoms with Gasteiger partial charge >= 0.3 is 0 Å². The summed E-state index contributed by atoms with van der Waals surface area (Å²) in [6.45, 7) is 7.64. The first kappa shape index (κ1) is 12.1. The molecule has 5 heteroatoms. The molecule has 1 heterocycles. The molecule has 1 aromatic rings. The first-order valence-electron chi connectivity index (χ1n) is 5.34. The monoisotopic (exact) mass is 212 g/mol. The minimum absolute atomic E-state index is 0.521. The molecule has 5 nitrogen and oxygen atoms in total. The molecule has 0 fully saturated rings. The Morgan fingerprint density at radius 3 is 3.07 bits per heavy atom. The van der Waals surface area contributed by atoms with Crippen LogP contribution >= 0.6 is 0 Å². The van der Waals surface area contributed by atoms with E-state index in [1.54, 1.807) is 13.4 Å². The third-order valence-electron chi connectivity index (χ3n) is 2.26. The van der Waals surface area contributed by atoms with Crippen molar-refractivity contribution in [3.63, 3.8) is 0 Å². The van der Waals surface area contributed by atoms with E-state index < -0.39 is 0 Å². The van der Waals surface area contributed by atoms with Crippen LogP contribution in [0.4, 0.5) is 0 Å². The summed E-state index contributed by atoms with van der Waals surface area (Å²) >= 11 is 0. The highest BCUT2D eigenvalue weighted by Gasteiger charge is 2.04. The molecular formula is C10H20N4O. The van der Waals surface area contributed by atoms with Crippen molar-refractivity contribution >= 4 is 0 Å². The van der Waals surface area contributed by atoms with Crippen LogP contribution in [0.3, 0.4) is 0 Å². The van der Waals surface area contributed by atoms with Gasteiger partial charge in [0.05, 0.1) is 6.54 Å². The number of ether oxygens (including phenoxy) is 1. The highest BCUT2D eigenvalue weighted by Crippen LogP contribution is 1.96. The molecule has 0 saturated carbocycles. The molecule has 0 radical (unpaired) electrons. The smallest absolute Gasteiger partial charge is 0.146 e. The van der Waals surface area contributed by atoms with Crippen LogP contribution in [-0.4, -0.2) is 35.0 Å². The van der Waals surface area contributed by atoms with Crippen molar-refractivity contribution in [2.45, 2.75) is 26.9 Å². The van der Waals surface area contributed by atoms with E-state index in [9.17, 15) is 0 Å². The molecule has 1 aromatic heterocycles. The number of hydrogen-bond acceptors (Lipinski definition) is 4. The van der Waals surface area contributed by atoms with Gasteiger partial charge in [0.2, 0.25) is 0 Å². The Balaban J connectivity index is 2.25. The zero-order valence-corrected chi connectivity index (χ0v) is 9.73. The lowest BCUT2D eigenvalue weighted by molar-refractivity contribution is 0.158. The second kappa shape index (κ2) is 6.53. The van der Waals surface area contributed by atoms with Crippen LogP contribution < -0.4 is 5.32 Å². The molecule has 0 amide bonds. The van der Waals surface area contributed by atoms with Crippen molar-refractivity contribution in [3.8, 4) is 0 Å². The molecule has 1 rings (SSSR count). The van der Waals surface area contributed by atoms with Gasteiger partial charge < -0.3 is 14.6 Å². The van der Waals surface area contributed by atoms with E-state index in [0.717, 1.165) is 32.1 Å². The van der Waals surface area contributed by atoms with E-state index in [2.05, 4.69) is 29.4 Å². The Bertz CT molecular complexity index is 274. The predicted molar refractivity (Wildman–Crippen MR) is 58.4 cm³/mol. The molecule has 0 aliphatic rings. The van der Waals surface area contributed by atoms with Crippen LogP contribution in [0.25, 0.3) is 0 Å². The van der Waals surface area contributed by atoms with E-state index in [1.165, 1.54) is 0 Å². The number of hydrogen-bond donors (Lipinski definition) is 1. The molecular weight excluding hydrogens is 192 g/mol. The third-order valence-corrected chi connectivity index (χ3v) is 2.26. The first-order valence-corrected chi connectivity index (χ1v) is 5.34. The van der Waals surface area contributed by atoms with Crippen molar-refractivity contribution in [2.75, 3.05) is 20.3 Å². The van der Waals surface area contributed by atoms with Gasteiger partial charge in [0.15, 0.2) is 0 Å². The van der Waals surface area contributed by atoms with Gasteiger partial charge in [0.1, 0.15) is 12.2 Å². The fourth-order valence-electron chi connectivity index (χ4n) is 1.45. The Labute approximate surface area is 90.8 Å². The highest BCUT2D eigenvalue weighted by molar-refractivity contribution is 4.84. The van der Waals surface area contributed by atoms with Gasteiger partial charge in [-0.2, -0.15) is 0 Å². The molecule has 0 aliphatic heterocycles. The molecule has 0 bridgehead atoms. The van der Waals surface area contributed by atoms with Crippen LogP contribution in [-0.2, 0) is 17.8 Å². The van der Waals surface area contributed by atoms with Gasteiger partial charge in [0.25, 0.3) is 0 Å². The Morgan fingerprint density at radius 2 is 2.40 bits per heavy atom. The lowest BCUT2D eigenvalue weighted by Gasteiger charge is -2.11. The van der Waals surface area contributed by atoms with E-state index in [-0.39, 0.29) is 0 Å². The second-order valence-corrected chi connectivity index (χ2v) is 3.72. The van der Waals surface area contributed by atoms with E-state index >= 15 is 0 Å². The van der Waals surface area contributed by atoms with Crippen molar-refractivity contribution in [2.24, 2.45) is 5.92 Å². The number of aromatic nitrogens is 3. The largest absolute Gasteiger partial charge is 0.384 e. The maximum absolute atomic E-state index is 5.06. The molecule has 1 N–H and O–H groups in total. The summed E-state index contributed by atoms with van der Waals surface area (Å²) in [5.74, 6) is 1.51. The summed E-state index contributed by atoms with van der Waals surface area (Å²) < 4.78 is 7.10. The summed E-state index contributed by atoms with van der Waals surface area (Å²) in [6.07, 6.45) is 1.76. The number of rotatable bonds is 7. The maximum atomic E-state index is 5.06. The average molecular weight is 212 g/mol. The molecule has 86 valence electrons. The van der Waals surface area contributed by atoms with Crippen LogP contribution in [0.2, 0.25) is 0 Å². The van der Waals surface area contributed by atoms with Gasteiger partial charge in [0, 0.05) is 26.8 Å². The molecule has 0 saturated heterocycles. The summed E-state index contributed by atoms with van der Waals surface area (Å²) in [7, 11) is 1.73. The van der Waals surface area contributed by atoms with E-state index in [4.69, 9.17) is 4.74 Å². The molecule has 15 heavy (non-hydrogen) atoms. The fourth-order valence-corrected chi connectivity index (χ4v) is 1.45. The number of nitrogens with zero attached hydrogens (tertiary/aromatic N) is 3. The highest BCUT2D eigenvalue weighted by atomic mass is 16.5. The Morgan fingerprint density at radius 1 is 1.60 bits per heavy atom. The third kappa shape index (κ3) is 3.97. The SMILES string of the molecule is CCn1cnnc1CNCC(C)COC. The lowest BCUT2D eigenvalue weighted by atomic mass is 10.2. The van der Waals surface area contributed by atoms with Crippen LogP contribution in [0.15, 0.2) is 6.33 Å². The minimum Gasteiger partial charge on any atom is -0.384 e. The van der Waals surface area contributed by atoms with Gasteiger partial charge in [-0.1, -0.05) is 6.92 Å². The van der Waals surface area contributed by atoms with E-state index in [1.807, 2.05) is 4.57 Å². The van der Waals surface area contributed by atoms with Gasteiger partial charge in [-0.05, 0) is 12.8 Å². The first-order chi connectivity index (χ1) is 7.27. The van der Waals surface area contributed by atoms with Crippen molar-refractivity contribution in [1.82, 2.24) is 20.1 Å². The van der Waals surface area contributed by atoms with Gasteiger partial charge in [-0.25, -0.2) is 0 Å². The standard InChI is InChI=1S/C10H20N4O/c1-4-14-8-12-13-10(14)6-11-5-9(2)7-15-3/h8-9,11H,4-7H2,1-3H3. The van der Waals surface area contributed by atoms with Crippen molar-refractivity contribution in [1.29, 1.82) is 0 Å². The molecule has 1 atom stereocenters. The van der Waals surface area contributed by atoms with Crippen molar-refractivity contribution < 1.29 is 4.74 Å². The summed E-state index contributed by atoms with van der Waals surface area (Å²) in [5.41, 5.74) is 0. The van der Waals surface area contributed by atoms with Gasteiger partial charge in [-0.15, -0.1) is 10.2 Å². The van der Waals surface area contributed by atoms with Crippen molar-refractivity contribution in [3.05, 3.63) is 12.2 Å². The zero-order valence-electron chi connectivity index (χ0n) is 9.73. The Hall–Kier alpha value is -0.940. The Kier molecular flexibility index (Phi) is 5.28. The number of methoxy groups -OCH3 is 1. The molecule has 0 aliphatic carbocycles. The van der Waals surface area contributed by atoms with Crippen LogP contribution in [0.5, 0.6) is 0 Å². The molecule has 1 unspecified atom stereocenters.